The van der Waals surface area contributed by atoms with Crippen molar-refractivity contribution < 1.29 is 0 Å². The van der Waals surface area contributed by atoms with Crippen LogP contribution < -0.4 is 5.32 Å². The van der Waals surface area contributed by atoms with E-state index in [0.717, 1.165) is 29.4 Å². The zero-order chi connectivity index (χ0) is 14.4. The monoisotopic (exact) mass is 307 g/mol. The Morgan fingerprint density at radius 1 is 1.00 bits per heavy atom. The van der Waals surface area contributed by atoms with E-state index in [1.807, 2.05) is 30.3 Å². The van der Waals surface area contributed by atoms with Crippen molar-refractivity contribution in [2.24, 2.45) is 0 Å². The highest BCUT2D eigenvalue weighted by molar-refractivity contribution is 6.30. The minimum Gasteiger partial charge on any atom is -0.306 e. The molecule has 1 nitrogen and oxygen atoms in total. The number of nitrogens with one attached hydrogen (secondary N) is 1. The lowest BCUT2D eigenvalue weighted by Gasteiger charge is -2.19. The lowest BCUT2D eigenvalue weighted by molar-refractivity contribution is 0.493. The lowest BCUT2D eigenvalue weighted by atomic mass is 10.0. The Morgan fingerprint density at radius 3 is 2.40 bits per heavy atom. The molecule has 0 radical (unpaired) electrons. The van der Waals surface area contributed by atoms with Crippen molar-refractivity contribution in [1.82, 2.24) is 5.32 Å². The molecule has 0 aromatic heterocycles. The van der Waals surface area contributed by atoms with Gasteiger partial charge in [-0.05, 0) is 41.8 Å². The fourth-order valence-electron chi connectivity index (χ4n) is 2.26. The lowest BCUT2D eigenvalue weighted by Crippen LogP contribution is -2.20. The molecule has 0 aliphatic heterocycles. The predicted octanol–water partition coefficient (Wildman–Crippen LogP) is 5.62. The number of rotatable bonds is 6. The van der Waals surface area contributed by atoms with Gasteiger partial charge in [-0.2, -0.15) is 0 Å². The molecular weight excluding hydrogens is 289 g/mol. The molecule has 0 aliphatic rings. The molecule has 3 heteroatoms. The highest BCUT2D eigenvalue weighted by Gasteiger charge is 2.10. The van der Waals surface area contributed by atoms with Gasteiger partial charge in [0, 0.05) is 22.6 Å². The van der Waals surface area contributed by atoms with Crippen LogP contribution in [0.1, 0.15) is 36.9 Å². The van der Waals surface area contributed by atoms with Crippen molar-refractivity contribution in [2.75, 3.05) is 0 Å². The van der Waals surface area contributed by atoms with Crippen LogP contribution in [-0.4, -0.2) is 0 Å². The number of hydrogen-bond acceptors (Lipinski definition) is 1. The minimum atomic E-state index is 0.344. The fraction of sp³-hybridized carbons (Fsp3) is 0.294. The molecule has 2 aromatic rings. The molecule has 1 atom stereocenters. The van der Waals surface area contributed by atoms with Gasteiger partial charge in [0.15, 0.2) is 0 Å². The Bertz CT molecular complexity index is 537. The summed E-state index contributed by atoms with van der Waals surface area (Å²) in [6.07, 6.45) is 2.23. The van der Waals surface area contributed by atoms with Crippen molar-refractivity contribution in [2.45, 2.75) is 32.4 Å². The van der Waals surface area contributed by atoms with E-state index in [0.29, 0.717) is 6.04 Å². The van der Waals surface area contributed by atoms with Gasteiger partial charge in [0.2, 0.25) is 0 Å². The molecule has 2 rings (SSSR count). The van der Waals surface area contributed by atoms with Crippen LogP contribution in [-0.2, 0) is 6.54 Å². The summed E-state index contributed by atoms with van der Waals surface area (Å²) in [6, 6.07) is 16.4. The van der Waals surface area contributed by atoms with E-state index in [4.69, 9.17) is 23.2 Å². The van der Waals surface area contributed by atoms with Crippen LogP contribution in [0.3, 0.4) is 0 Å². The number of halogens is 2. The maximum absolute atomic E-state index is 6.01. The summed E-state index contributed by atoms with van der Waals surface area (Å²) >= 11 is 12.0. The van der Waals surface area contributed by atoms with Crippen LogP contribution in [0.5, 0.6) is 0 Å². The van der Waals surface area contributed by atoms with Crippen molar-refractivity contribution in [3.8, 4) is 0 Å². The second-order valence-electron chi connectivity index (χ2n) is 4.90. The van der Waals surface area contributed by atoms with Crippen LogP contribution in [0, 0.1) is 0 Å². The number of hydrogen-bond donors (Lipinski definition) is 1. The molecular formula is C17H19Cl2N. The Balaban J connectivity index is 2.04. The topological polar surface area (TPSA) is 12.0 Å². The molecule has 2 aromatic carbocycles. The molecule has 0 saturated heterocycles. The molecule has 0 aliphatic carbocycles. The summed E-state index contributed by atoms with van der Waals surface area (Å²) in [5.41, 5.74) is 2.48. The third-order valence-corrected chi connectivity index (χ3v) is 3.78. The zero-order valence-electron chi connectivity index (χ0n) is 11.6. The van der Waals surface area contributed by atoms with Gasteiger partial charge in [-0.25, -0.2) is 0 Å². The van der Waals surface area contributed by atoms with Gasteiger partial charge < -0.3 is 5.32 Å². The van der Waals surface area contributed by atoms with Gasteiger partial charge in [0.1, 0.15) is 0 Å². The Morgan fingerprint density at radius 2 is 1.75 bits per heavy atom. The highest BCUT2D eigenvalue weighted by atomic mass is 35.5. The van der Waals surface area contributed by atoms with Gasteiger partial charge >= 0.3 is 0 Å². The van der Waals surface area contributed by atoms with E-state index in [-0.39, 0.29) is 0 Å². The molecule has 0 heterocycles. The van der Waals surface area contributed by atoms with E-state index in [1.54, 1.807) is 0 Å². The molecule has 0 bridgehead atoms. The molecule has 20 heavy (non-hydrogen) atoms. The molecule has 0 saturated carbocycles. The smallest absolute Gasteiger partial charge is 0.0409 e. The quantitative estimate of drug-likeness (QED) is 0.730. The first-order valence-electron chi connectivity index (χ1n) is 6.92. The standard InChI is InChI=1S/C17H19Cl2N/c1-2-4-17(14-7-9-15(18)10-8-14)20-12-13-5-3-6-16(19)11-13/h3,5-11,17,20H,2,4,12H2,1H3. The maximum atomic E-state index is 6.01. The predicted molar refractivity (Wildman–Crippen MR) is 87.4 cm³/mol. The van der Waals surface area contributed by atoms with Gasteiger partial charge in [0.05, 0.1) is 0 Å². The third-order valence-electron chi connectivity index (χ3n) is 3.29. The first-order chi connectivity index (χ1) is 9.69. The fourth-order valence-corrected chi connectivity index (χ4v) is 2.60. The van der Waals surface area contributed by atoms with Crippen LogP contribution in [0.2, 0.25) is 10.0 Å². The van der Waals surface area contributed by atoms with E-state index < -0.39 is 0 Å². The molecule has 0 spiro atoms. The molecule has 0 amide bonds. The average Bonchev–Trinajstić information content (AvgIpc) is 2.44. The van der Waals surface area contributed by atoms with Crippen molar-refractivity contribution in [3.05, 3.63) is 69.7 Å². The van der Waals surface area contributed by atoms with Gasteiger partial charge in [-0.3, -0.25) is 0 Å². The van der Waals surface area contributed by atoms with Crippen molar-refractivity contribution in [3.63, 3.8) is 0 Å². The maximum Gasteiger partial charge on any atom is 0.0409 e. The third kappa shape index (κ3) is 4.52. The number of benzene rings is 2. The van der Waals surface area contributed by atoms with Crippen LogP contribution in [0.15, 0.2) is 48.5 Å². The highest BCUT2D eigenvalue weighted by Crippen LogP contribution is 2.21. The molecule has 106 valence electrons. The zero-order valence-corrected chi connectivity index (χ0v) is 13.1. The molecule has 0 fully saturated rings. The molecule has 1 unspecified atom stereocenters. The minimum absolute atomic E-state index is 0.344. The van der Waals surface area contributed by atoms with Crippen molar-refractivity contribution >= 4 is 23.2 Å². The van der Waals surface area contributed by atoms with Gasteiger partial charge in [-0.1, -0.05) is 60.8 Å². The summed E-state index contributed by atoms with van der Waals surface area (Å²) in [5, 5.41) is 5.16. The summed E-state index contributed by atoms with van der Waals surface area (Å²) < 4.78 is 0. The first-order valence-corrected chi connectivity index (χ1v) is 7.68. The average molecular weight is 308 g/mol. The Hall–Kier alpha value is -1.02. The summed E-state index contributed by atoms with van der Waals surface area (Å²) in [5.74, 6) is 0. The van der Waals surface area contributed by atoms with Crippen molar-refractivity contribution in [1.29, 1.82) is 0 Å². The molecule has 1 N–H and O–H groups in total. The normalized spacial score (nSPS) is 12.3. The second kappa shape index (κ2) is 7.68. The summed E-state index contributed by atoms with van der Waals surface area (Å²) in [7, 11) is 0. The Kier molecular flexibility index (Phi) is 5.90. The SMILES string of the molecule is CCCC(NCc1cccc(Cl)c1)c1ccc(Cl)cc1. The van der Waals surface area contributed by atoms with E-state index in [1.165, 1.54) is 11.1 Å². The summed E-state index contributed by atoms with van der Waals surface area (Å²) in [6.45, 7) is 3.01. The van der Waals surface area contributed by atoms with Crippen LogP contribution in [0.25, 0.3) is 0 Å². The second-order valence-corrected chi connectivity index (χ2v) is 5.78. The van der Waals surface area contributed by atoms with E-state index in [2.05, 4.69) is 30.4 Å². The van der Waals surface area contributed by atoms with E-state index in [9.17, 15) is 0 Å². The van der Waals surface area contributed by atoms with Gasteiger partial charge in [0.25, 0.3) is 0 Å². The Labute approximate surface area is 130 Å². The first kappa shape index (κ1) is 15.4. The van der Waals surface area contributed by atoms with Crippen LogP contribution >= 0.6 is 23.2 Å². The van der Waals surface area contributed by atoms with E-state index >= 15 is 0 Å². The van der Waals surface area contributed by atoms with Gasteiger partial charge in [-0.15, -0.1) is 0 Å². The summed E-state index contributed by atoms with van der Waals surface area (Å²) in [4.78, 5) is 0. The largest absolute Gasteiger partial charge is 0.306 e. The van der Waals surface area contributed by atoms with Crippen LogP contribution in [0.4, 0.5) is 0 Å².